The van der Waals surface area contributed by atoms with E-state index < -0.39 is 0 Å². The van der Waals surface area contributed by atoms with Crippen molar-refractivity contribution in [2.24, 2.45) is 4.99 Å². The number of rotatable bonds is 7. The van der Waals surface area contributed by atoms with E-state index in [0.717, 1.165) is 47.5 Å². The molecule has 1 aliphatic carbocycles. The summed E-state index contributed by atoms with van der Waals surface area (Å²) in [6.45, 7) is 1.46. The van der Waals surface area contributed by atoms with Gasteiger partial charge < -0.3 is 20.1 Å². The van der Waals surface area contributed by atoms with Gasteiger partial charge in [0.15, 0.2) is 22.4 Å². The Kier molecular flexibility index (Phi) is 6.65. The summed E-state index contributed by atoms with van der Waals surface area (Å²) in [5, 5.41) is 9.03. The quantitative estimate of drug-likeness (QED) is 0.429. The lowest BCUT2D eigenvalue weighted by Crippen LogP contribution is -2.46. The van der Waals surface area contributed by atoms with Gasteiger partial charge in [0.1, 0.15) is 0 Å². The molecule has 2 aromatic heterocycles. The molecule has 31 heavy (non-hydrogen) atoms. The number of imidazole rings is 1. The van der Waals surface area contributed by atoms with Crippen molar-refractivity contribution in [1.82, 2.24) is 20.0 Å². The molecule has 0 bridgehead atoms. The highest BCUT2D eigenvalue weighted by molar-refractivity contribution is 7.15. The Morgan fingerprint density at radius 3 is 2.68 bits per heavy atom. The lowest BCUT2D eigenvalue weighted by Gasteiger charge is -2.38. The predicted octanol–water partition coefficient (Wildman–Crippen LogP) is 3.98. The van der Waals surface area contributed by atoms with E-state index in [4.69, 9.17) is 9.47 Å². The van der Waals surface area contributed by atoms with E-state index in [9.17, 15) is 0 Å². The molecule has 7 nitrogen and oxygen atoms in total. The fraction of sp³-hybridized carbons (Fsp3) is 0.478. The molecular formula is C23H31N5O2S. The molecule has 0 amide bonds. The molecule has 1 saturated carbocycles. The lowest BCUT2D eigenvalue weighted by atomic mass is 9.69. The molecule has 0 saturated heterocycles. The largest absolute Gasteiger partial charge is 0.493 e. The van der Waals surface area contributed by atoms with Gasteiger partial charge in [0.2, 0.25) is 0 Å². The zero-order chi connectivity index (χ0) is 21.7. The van der Waals surface area contributed by atoms with Crippen molar-refractivity contribution in [2.45, 2.75) is 44.1 Å². The zero-order valence-electron chi connectivity index (χ0n) is 18.5. The monoisotopic (exact) mass is 441 g/mol. The van der Waals surface area contributed by atoms with Gasteiger partial charge in [-0.05, 0) is 30.5 Å². The summed E-state index contributed by atoms with van der Waals surface area (Å²) < 4.78 is 13.1. The molecule has 0 radical (unpaired) electrons. The number of thiazole rings is 1. The van der Waals surface area contributed by atoms with Crippen LogP contribution in [-0.4, -0.2) is 43.2 Å². The maximum absolute atomic E-state index is 5.58. The minimum Gasteiger partial charge on any atom is -0.493 e. The number of hydrogen-bond donors (Lipinski definition) is 2. The van der Waals surface area contributed by atoms with Gasteiger partial charge in [0.05, 0.1) is 26.5 Å². The summed E-state index contributed by atoms with van der Waals surface area (Å²) >= 11 is 1.64. The van der Waals surface area contributed by atoms with Crippen LogP contribution in [0, 0.1) is 0 Å². The Labute approximate surface area is 187 Å². The number of ether oxygens (including phenoxy) is 2. The highest BCUT2D eigenvalue weighted by Crippen LogP contribution is 2.42. The fourth-order valence-electron chi connectivity index (χ4n) is 4.47. The number of guanidine groups is 1. The van der Waals surface area contributed by atoms with Crippen LogP contribution in [0.25, 0.3) is 4.96 Å². The molecule has 0 unspecified atom stereocenters. The molecule has 1 aromatic carbocycles. The SMILES string of the molecule is CN=C(NCc1cn2ccsc2n1)NCC1(c2ccc(OC)c(OC)c2)CCCCC1. The van der Waals surface area contributed by atoms with Gasteiger partial charge in [-0.25, -0.2) is 4.98 Å². The number of nitrogens with zero attached hydrogens (tertiary/aromatic N) is 3. The normalized spacial score (nSPS) is 16.3. The van der Waals surface area contributed by atoms with E-state index in [0.29, 0.717) is 6.54 Å². The summed E-state index contributed by atoms with van der Waals surface area (Å²) in [5.41, 5.74) is 2.34. The Hall–Kier alpha value is -2.74. The van der Waals surface area contributed by atoms with Crippen molar-refractivity contribution in [3.8, 4) is 11.5 Å². The summed E-state index contributed by atoms with van der Waals surface area (Å²) in [4.78, 5) is 10.1. The molecular weight excluding hydrogens is 410 g/mol. The third-order valence-corrected chi connectivity index (χ3v) is 6.98. The van der Waals surface area contributed by atoms with Crippen LogP contribution < -0.4 is 20.1 Å². The molecule has 3 aromatic rings. The van der Waals surface area contributed by atoms with Crippen LogP contribution in [0.5, 0.6) is 11.5 Å². The van der Waals surface area contributed by atoms with Crippen molar-refractivity contribution in [3.05, 3.63) is 47.2 Å². The number of aromatic nitrogens is 2. The van der Waals surface area contributed by atoms with Crippen LogP contribution in [0.2, 0.25) is 0 Å². The molecule has 0 aliphatic heterocycles. The number of fused-ring (bicyclic) bond motifs is 1. The molecule has 166 valence electrons. The van der Waals surface area contributed by atoms with E-state index in [2.05, 4.69) is 38.9 Å². The number of nitrogens with one attached hydrogen (secondary N) is 2. The second-order valence-corrected chi connectivity index (χ2v) is 8.89. The fourth-order valence-corrected chi connectivity index (χ4v) is 5.19. The third-order valence-electron chi connectivity index (χ3n) is 6.20. The predicted molar refractivity (Wildman–Crippen MR) is 126 cm³/mol. The van der Waals surface area contributed by atoms with Crippen LogP contribution in [0.4, 0.5) is 0 Å². The van der Waals surface area contributed by atoms with Gasteiger partial charge in [-0.2, -0.15) is 0 Å². The molecule has 0 spiro atoms. The van der Waals surface area contributed by atoms with Crippen molar-refractivity contribution in [1.29, 1.82) is 0 Å². The summed E-state index contributed by atoms with van der Waals surface area (Å²) in [7, 11) is 5.18. The maximum atomic E-state index is 5.58. The second kappa shape index (κ2) is 9.60. The first-order valence-electron chi connectivity index (χ1n) is 10.8. The van der Waals surface area contributed by atoms with Gasteiger partial charge in [0, 0.05) is 36.8 Å². The number of aliphatic imine (C=N–C) groups is 1. The summed E-state index contributed by atoms with van der Waals surface area (Å²) in [6.07, 6.45) is 10.1. The van der Waals surface area contributed by atoms with Crippen LogP contribution in [0.1, 0.15) is 43.4 Å². The van der Waals surface area contributed by atoms with E-state index in [1.807, 2.05) is 29.1 Å². The first kappa shape index (κ1) is 21.5. The lowest BCUT2D eigenvalue weighted by molar-refractivity contribution is 0.288. The smallest absolute Gasteiger partial charge is 0.193 e. The van der Waals surface area contributed by atoms with Crippen molar-refractivity contribution in [2.75, 3.05) is 27.8 Å². The van der Waals surface area contributed by atoms with Gasteiger partial charge >= 0.3 is 0 Å². The number of hydrogen-bond acceptors (Lipinski definition) is 5. The van der Waals surface area contributed by atoms with Gasteiger partial charge in [-0.1, -0.05) is 25.3 Å². The topological polar surface area (TPSA) is 72.2 Å². The first-order valence-corrected chi connectivity index (χ1v) is 11.6. The minimum atomic E-state index is 0.0481. The molecule has 8 heteroatoms. The van der Waals surface area contributed by atoms with Gasteiger partial charge in [0.25, 0.3) is 0 Å². The highest BCUT2D eigenvalue weighted by Gasteiger charge is 2.34. The second-order valence-electron chi connectivity index (χ2n) is 8.02. The van der Waals surface area contributed by atoms with Crippen LogP contribution in [0.15, 0.2) is 41.0 Å². The summed E-state index contributed by atoms with van der Waals surface area (Å²) in [6, 6.07) is 6.34. The Morgan fingerprint density at radius 1 is 1.16 bits per heavy atom. The molecule has 2 N–H and O–H groups in total. The third kappa shape index (κ3) is 4.63. The molecule has 1 aliphatic rings. The highest BCUT2D eigenvalue weighted by atomic mass is 32.1. The van der Waals surface area contributed by atoms with Crippen LogP contribution >= 0.6 is 11.3 Å². The van der Waals surface area contributed by atoms with Gasteiger partial charge in [-0.3, -0.25) is 9.39 Å². The molecule has 2 heterocycles. The van der Waals surface area contributed by atoms with E-state index >= 15 is 0 Å². The molecule has 1 fully saturated rings. The van der Waals surface area contributed by atoms with E-state index in [1.54, 1.807) is 25.6 Å². The van der Waals surface area contributed by atoms with Crippen LogP contribution in [0.3, 0.4) is 0 Å². The Balaban J connectivity index is 1.46. The standard InChI is InChI=1S/C23H31N5O2S/c1-24-21(25-14-18-15-28-11-12-31-22(28)27-18)26-16-23(9-5-4-6-10-23)17-7-8-19(29-2)20(13-17)30-3/h7-8,11-13,15H,4-6,9-10,14,16H2,1-3H3,(H2,24,25,26). The van der Waals surface area contributed by atoms with E-state index in [-0.39, 0.29) is 5.41 Å². The van der Waals surface area contributed by atoms with Crippen molar-refractivity contribution < 1.29 is 9.47 Å². The Bertz CT molecular complexity index is 1010. The summed E-state index contributed by atoms with van der Waals surface area (Å²) in [5.74, 6) is 2.34. The average molecular weight is 442 g/mol. The van der Waals surface area contributed by atoms with Crippen molar-refractivity contribution >= 4 is 22.3 Å². The first-order chi connectivity index (χ1) is 15.2. The van der Waals surface area contributed by atoms with Crippen LogP contribution in [-0.2, 0) is 12.0 Å². The minimum absolute atomic E-state index is 0.0481. The van der Waals surface area contributed by atoms with Gasteiger partial charge in [-0.15, -0.1) is 11.3 Å². The molecule has 0 atom stereocenters. The molecule has 4 rings (SSSR count). The number of benzene rings is 1. The maximum Gasteiger partial charge on any atom is 0.193 e. The number of methoxy groups -OCH3 is 2. The Morgan fingerprint density at radius 2 is 1.97 bits per heavy atom. The average Bonchev–Trinajstić information content (AvgIpc) is 3.41. The van der Waals surface area contributed by atoms with E-state index in [1.165, 1.54) is 24.8 Å². The van der Waals surface area contributed by atoms with Crippen molar-refractivity contribution in [3.63, 3.8) is 0 Å². The zero-order valence-corrected chi connectivity index (χ0v) is 19.3.